The van der Waals surface area contributed by atoms with E-state index in [1.807, 2.05) is 6.92 Å². The Labute approximate surface area is 66.8 Å². The van der Waals surface area contributed by atoms with Crippen LogP contribution in [0.2, 0.25) is 0 Å². The van der Waals surface area contributed by atoms with E-state index >= 15 is 0 Å². The monoisotopic (exact) mass is 161 g/mol. The summed E-state index contributed by atoms with van der Waals surface area (Å²) in [5, 5.41) is 12.4. The molecule has 2 nitrogen and oxygen atoms in total. The molecule has 11 heavy (non-hydrogen) atoms. The molecule has 1 aliphatic carbocycles. The Kier molecular flexibility index (Phi) is 3.27. The highest BCUT2D eigenvalue weighted by atomic mass is 19.1. The van der Waals surface area contributed by atoms with Crippen molar-refractivity contribution in [2.75, 3.05) is 6.54 Å². The van der Waals surface area contributed by atoms with Gasteiger partial charge in [0.05, 0.1) is 0 Å². The first kappa shape index (κ1) is 8.94. The third-order valence-electron chi connectivity index (χ3n) is 2.24. The molecule has 1 rings (SSSR count). The van der Waals surface area contributed by atoms with Crippen LogP contribution in [0, 0.1) is 0 Å². The SMILES string of the molecule is CCN[C@H]1CCC[C@H](F)[C@H]1O. The number of halogens is 1. The van der Waals surface area contributed by atoms with Crippen molar-refractivity contribution in [3.8, 4) is 0 Å². The Morgan fingerprint density at radius 2 is 2.27 bits per heavy atom. The predicted octanol–water partition coefficient (Wildman–Crippen LogP) is 0.847. The van der Waals surface area contributed by atoms with E-state index in [0.29, 0.717) is 6.42 Å². The van der Waals surface area contributed by atoms with Gasteiger partial charge >= 0.3 is 0 Å². The summed E-state index contributed by atoms with van der Waals surface area (Å²) >= 11 is 0. The highest BCUT2D eigenvalue weighted by Crippen LogP contribution is 2.21. The molecule has 0 amide bonds. The first-order valence-corrected chi connectivity index (χ1v) is 4.31. The van der Waals surface area contributed by atoms with Crippen LogP contribution in [0.3, 0.4) is 0 Å². The van der Waals surface area contributed by atoms with Crippen molar-refractivity contribution < 1.29 is 9.50 Å². The van der Waals surface area contributed by atoms with Gasteiger partial charge in [-0.05, 0) is 25.8 Å². The zero-order valence-corrected chi connectivity index (χ0v) is 6.89. The molecule has 0 unspecified atom stereocenters. The van der Waals surface area contributed by atoms with Crippen molar-refractivity contribution in [2.24, 2.45) is 0 Å². The zero-order valence-electron chi connectivity index (χ0n) is 6.89. The van der Waals surface area contributed by atoms with Crippen LogP contribution >= 0.6 is 0 Å². The summed E-state index contributed by atoms with van der Waals surface area (Å²) in [7, 11) is 0. The normalized spacial score (nSPS) is 39.0. The van der Waals surface area contributed by atoms with Crippen molar-refractivity contribution in [2.45, 2.75) is 44.5 Å². The largest absolute Gasteiger partial charge is 0.388 e. The summed E-state index contributed by atoms with van der Waals surface area (Å²) in [5.41, 5.74) is 0. The van der Waals surface area contributed by atoms with Crippen molar-refractivity contribution >= 4 is 0 Å². The van der Waals surface area contributed by atoms with Crippen molar-refractivity contribution in [1.29, 1.82) is 0 Å². The number of hydrogen-bond donors (Lipinski definition) is 2. The smallest absolute Gasteiger partial charge is 0.127 e. The molecule has 0 aromatic rings. The number of likely N-dealkylation sites (N-methyl/N-ethyl adjacent to an activating group) is 1. The maximum atomic E-state index is 12.9. The van der Waals surface area contributed by atoms with Gasteiger partial charge in [-0.25, -0.2) is 4.39 Å². The molecule has 0 heterocycles. The summed E-state index contributed by atoms with van der Waals surface area (Å²) < 4.78 is 12.9. The summed E-state index contributed by atoms with van der Waals surface area (Å²) in [4.78, 5) is 0. The standard InChI is InChI=1S/C8H16FNO/c1-2-10-7-5-3-4-6(9)8(7)11/h6-8,10-11H,2-5H2,1H3/t6-,7-,8+/m0/s1. The van der Waals surface area contributed by atoms with Gasteiger partial charge in [0.15, 0.2) is 0 Å². The Morgan fingerprint density at radius 3 is 2.91 bits per heavy atom. The second-order valence-corrected chi connectivity index (χ2v) is 3.10. The fraction of sp³-hybridized carbons (Fsp3) is 1.00. The summed E-state index contributed by atoms with van der Waals surface area (Å²) in [6.07, 6.45) is 0.491. The third kappa shape index (κ3) is 2.14. The van der Waals surface area contributed by atoms with Gasteiger partial charge in [0.1, 0.15) is 12.3 Å². The first-order chi connectivity index (χ1) is 5.25. The second kappa shape index (κ2) is 4.02. The highest BCUT2D eigenvalue weighted by molar-refractivity contribution is 4.86. The summed E-state index contributed by atoms with van der Waals surface area (Å²) in [6, 6.07) is -0.0243. The van der Waals surface area contributed by atoms with E-state index in [9.17, 15) is 9.50 Å². The molecular weight excluding hydrogens is 145 g/mol. The molecule has 0 spiro atoms. The van der Waals surface area contributed by atoms with Gasteiger partial charge in [-0.3, -0.25) is 0 Å². The minimum Gasteiger partial charge on any atom is -0.388 e. The Balaban J connectivity index is 2.38. The van der Waals surface area contributed by atoms with Gasteiger partial charge in [-0.15, -0.1) is 0 Å². The maximum Gasteiger partial charge on any atom is 0.127 e. The number of aliphatic hydroxyl groups is 1. The van der Waals surface area contributed by atoms with E-state index in [2.05, 4.69) is 5.32 Å². The maximum absolute atomic E-state index is 12.9. The number of hydrogen-bond acceptors (Lipinski definition) is 2. The van der Waals surface area contributed by atoms with E-state index in [-0.39, 0.29) is 6.04 Å². The molecule has 1 fully saturated rings. The molecule has 1 saturated carbocycles. The molecule has 0 radical (unpaired) electrons. The Hall–Kier alpha value is -0.150. The summed E-state index contributed by atoms with van der Waals surface area (Å²) in [5.74, 6) is 0. The fourth-order valence-corrected chi connectivity index (χ4v) is 1.61. The molecule has 0 saturated heterocycles. The van der Waals surface area contributed by atoms with Crippen LogP contribution in [-0.4, -0.2) is 30.0 Å². The van der Waals surface area contributed by atoms with E-state index in [0.717, 1.165) is 19.4 Å². The van der Waals surface area contributed by atoms with E-state index < -0.39 is 12.3 Å². The Morgan fingerprint density at radius 1 is 1.55 bits per heavy atom. The average molecular weight is 161 g/mol. The van der Waals surface area contributed by atoms with Gasteiger partial charge in [0.2, 0.25) is 0 Å². The third-order valence-corrected chi connectivity index (χ3v) is 2.24. The van der Waals surface area contributed by atoms with Crippen LogP contribution in [0.1, 0.15) is 26.2 Å². The lowest BCUT2D eigenvalue weighted by Gasteiger charge is -2.30. The topological polar surface area (TPSA) is 32.3 Å². The quantitative estimate of drug-likeness (QED) is 0.629. The van der Waals surface area contributed by atoms with Crippen molar-refractivity contribution in [3.05, 3.63) is 0 Å². The molecular formula is C8H16FNO. The molecule has 0 aliphatic heterocycles. The van der Waals surface area contributed by atoms with Crippen LogP contribution < -0.4 is 5.32 Å². The first-order valence-electron chi connectivity index (χ1n) is 4.31. The van der Waals surface area contributed by atoms with Crippen molar-refractivity contribution in [3.63, 3.8) is 0 Å². The molecule has 2 N–H and O–H groups in total. The van der Waals surface area contributed by atoms with E-state index in [1.54, 1.807) is 0 Å². The van der Waals surface area contributed by atoms with Crippen molar-refractivity contribution in [1.82, 2.24) is 5.32 Å². The summed E-state index contributed by atoms with van der Waals surface area (Å²) in [6.45, 7) is 2.77. The van der Waals surface area contributed by atoms with Gasteiger partial charge < -0.3 is 10.4 Å². The molecule has 66 valence electrons. The zero-order chi connectivity index (χ0) is 8.27. The lowest BCUT2D eigenvalue weighted by Crippen LogP contribution is -2.47. The minimum absolute atomic E-state index is 0.0243. The van der Waals surface area contributed by atoms with Crippen LogP contribution in [0.15, 0.2) is 0 Å². The molecule has 1 aliphatic rings. The van der Waals surface area contributed by atoms with Gasteiger partial charge in [0, 0.05) is 6.04 Å². The molecule has 0 bridgehead atoms. The second-order valence-electron chi connectivity index (χ2n) is 3.10. The van der Waals surface area contributed by atoms with Crippen LogP contribution in [0.4, 0.5) is 4.39 Å². The number of alkyl halides is 1. The minimum atomic E-state index is -1.02. The molecule has 3 atom stereocenters. The van der Waals surface area contributed by atoms with Crippen LogP contribution in [-0.2, 0) is 0 Å². The van der Waals surface area contributed by atoms with E-state index in [1.165, 1.54) is 0 Å². The average Bonchev–Trinajstić information content (AvgIpc) is 1.99. The number of rotatable bonds is 2. The highest BCUT2D eigenvalue weighted by Gasteiger charge is 2.30. The molecule has 3 heteroatoms. The van der Waals surface area contributed by atoms with E-state index in [4.69, 9.17) is 0 Å². The fourth-order valence-electron chi connectivity index (χ4n) is 1.61. The number of nitrogens with one attached hydrogen (secondary N) is 1. The van der Waals surface area contributed by atoms with Crippen LogP contribution in [0.5, 0.6) is 0 Å². The van der Waals surface area contributed by atoms with Gasteiger partial charge in [-0.1, -0.05) is 6.92 Å². The van der Waals surface area contributed by atoms with Gasteiger partial charge in [0.25, 0.3) is 0 Å². The number of aliphatic hydroxyl groups excluding tert-OH is 1. The lowest BCUT2D eigenvalue weighted by atomic mass is 9.91. The molecule has 0 aromatic carbocycles. The van der Waals surface area contributed by atoms with Crippen LogP contribution in [0.25, 0.3) is 0 Å². The Bertz CT molecular complexity index is 119. The lowest BCUT2D eigenvalue weighted by molar-refractivity contribution is 0.0172. The molecule has 0 aromatic heterocycles. The van der Waals surface area contributed by atoms with Gasteiger partial charge in [-0.2, -0.15) is 0 Å². The predicted molar refractivity (Wildman–Crippen MR) is 42.2 cm³/mol.